The third-order valence-corrected chi connectivity index (χ3v) is 3.92. The molecule has 0 saturated heterocycles. The summed E-state index contributed by atoms with van der Waals surface area (Å²) in [6.07, 6.45) is 1.06. The molecule has 19 heavy (non-hydrogen) atoms. The normalized spacial score (nSPS) is 15.2. The maximum atomic E-state index is 5.83. The quantitative estimate of drug-likeness (QED) is 0.684. The van der Waals surface area contributed by atoms with Crippen LogP contribution in [0.4, 0.5) is 5.69 Å². The van der Waals surface area contributed by atoms with Crippen molar-refractivity contribution in [1.82, 2.24) is 9.88 Å². The van der Waals surface area contributed by atoms with E-state index >= 15 is 0 Å². The zero-order valence-electron chi connectivity index (χ0n) is 10.6. The number of hydrogen-bond donors (Lipinski definition) is 1. The van der Waals surface area contributed by atoms with E-state index in [1.54, 1.807) is 0 Å². The minimum absolute atomic E-state index is 0.862. The molecule has 0 saturated carbocycles. The van der Waals surface area contributed by atoms with Gasteiger partial charge >= 0.3 is 0 Å². The Morgan fingerprint density at radius 3 is 2.95 bits per heavy atom. The highest BCUT2D eigenvalue weighted by molar-refractivity contribution is 9.10. The zero-order chi connectivity index (χ0) is 13.2. The van der Waals surface area contributed by atoms with Crippen molar-refractivity contribution in [3.05, 3.63) is 57.8 Å². The van der Waals surface area contributed by atoms with E-state index in [0.29, 0.717) is 0 Å². The Balaban J connectivity index is 1.74. The molecule has 0 spiro atoms. The number of hydrogen-bond acceptors (Lipinski definition) is 3. The van der Waals surface area contributed by atoms with Gasteiger partial charge in [0.2, 0.25) is 0 Å². The van der Waals surface area contributed by atoms with Gasteiger partial charge in [-0.1, -0.05) is 12.1 Å². The summed E-state index contributed by atoms with van der Waals surface area (Å²) in [5.41, 5.74) is 10.6. The van der Waals surface area contributed by atoms with Gasteiger partial charge in [0.05, 0.1) is 5.69 Å². The Morgan fingerprint density at radius 1 is 1.21 bits per heavy atom. The van der Waals surface area contributed by atoms with Gasteiger partial charge in [-0.15, -0.1) is 0 Å². The van der Waals surface area contributed by atoms with Crippen LogP contribution in [0, 0.1) is 0 Å². The van der Waals surface area contributed by atoms with Gasteiger partial charge < -0.3 is 5.73 Å². The molecule has 0 unspecified atom stereocenters. The first-order valence-corrected chi connectivity index (χ1v) is 7.21. The Labute approximate surface area is 121 Å². The molecule has 4 heteroatoms. The van der Waals surface area contributed by atoms with Gasteiger partial charge in [0.15, 0.2) is 0 Å². The SMILES string of the molecule is Nc1ccc2c(c1)CCN(Cc1cccc(Br)n1)C2. The second kappa shape index (κ2) is 5.31. The highest BCUT2D eigenvalue weighted by atomic mass is 79.9. The molecule has 98 valence electrons. The molecule has 0 bridgehead atoms. The molecule has 1 aliphatic rings. The molecular formula is C15H16BrN3. The molecule has 2 aromatic rings. The summed E-state index contributed by atoms with van der Waals surface area (Å²) in [6, 6.07) is 12.3. The number of halogens is 1. The van der Waals surface area contributed by atoms with Crippen LogP contribution >= 0.6 is 15.9 Å². The van der Waals surface area contributed by atoms with Crippen molar-refractivity contribution in [3.8, 4) is 0 Å². The van der Waals surface area contributed by atoms with Crippen LogP contribution in [-0.2, 0) is 19.5 Å². The lowest BCUT2D eigenvalue weighted by Crippen LogP contribution is -2.30. The Kier molecular flexibility index (Phi) is 3.53. The number of aromatic nitrogens is 1. The van der Waals surface area contributed by atoms with Crippen molar-refractivity contribution < 1.29 is 0 Å². The Bertz CT molecular complexity index is 598. The van der Waals surface area contributed by atoms with Gasteiger partial charge in [0.25, 0.3) is 0 Å². The van der Waals surface area contributed by atoms with E-state index in [2.05, 4.69) is 44.0 Å². The highest BCUT2D eigenvalue weighted by Crippen LogP contribution is 2.22. The Hall–Kier alpha value is -1.39. The predicted octanol–water partition coefficient (Wildman–Crippen LogP) is 2.98. The van der Waals surface area contributed by atoms with Crippen molar-refractivity contribution in [2.45, 2.75) is 19.5 Å². The lowest BCUT2D eigenvalue weighted by Gasteiger charge is -2.28. The van der Waals surface area contributed by atoms with Crippen LogP contribution in [-0.4, -0.2) is 16.4 Å². The van der Waals surface area contributed by atoms with E-state index in [1.165, 1.54) is 11.1 Å². The topological polar surface area (TPSA) is 42.1 Å². The maximum Gasteiger partial charge on any atom is 0.106 e. The predicted molar refractivity (Wildman–Crippen MR) is 80.6 cm³/mol. The number of nitrogen functional groups attached to an aromatic ring is 1. The summed E-state index contributed by atoms with van der Waals surface area (Å²) in [7, 11) is 0. The number of rotatable bonds is 2. The summed E-state index contributed by atoms with van der Waals surface area (Å²) in [6.45, 7) is 2.93. The number of benzene rings is 1. The van der Waals surface area contributed by atoms with Gasteiger partial charge in [0.1, 0.15) is 4.60 Å². The standard InChI is InChI=1S/C15H16BrN3/c16-15-3-1-2-14(18-15)10-19-7-6-11-8-13(17)5-4-12(11)9-19/h1-5,8H,6-7,9-10,17H2. The van der Waals surface area contributed by atoms with E-state index in [9.17, 15) is 0 Å². The van der Waals surface area contributed by atoms with Crippen LogP contribution in [0.2, 0.25) is 0 Å². The summed E-state index contributed by atoms with van der Waals surface area (Å²) >= 11 is 3.42. The van der Waals surface area contributed by atoms with Crippen molar-refractivity contribution in [2.24, 2.45) is 0 Å². The maximum absolute atomic E-state index is 5.83. The number of nitrogens with zero attached hydrogens (tertiary/aromatic N) is 2. The average molecular weight is 318 g/mol. The van der Waals surface area contributed by atoms with E-state index in [-0.39, 0.29) is 0 Å². The van der Waals surface area contributed by atoms with Gasteiger partial charge in [-0.25, -0.2) is 4.98 Å². The summed E-state index contributed by atoms with van der Waals surface area (Å²) in [5.74, 6) is 0. The number of anilines is 1. The largest absolute Gasteiger partial charge is 0.399 e. The molecule has 0 amide bonds. The minimum atomic E-state index is 0.862. The van der Waals surface area contributed by atoms with Crippen LogP contribution in [0.15, 0.2) is 41.0 Å². The average Bonchev–Trinajstić information content (AvgIpc) is 2.39. The van der Waals surface area contributed by atoms with Crippen molar-refractivity contribution in [2.75, 3.05) is 12.3 Å². The third-order valence-electron chi connectivity index (χ3n) is 3.48. The van der Waals surface area contributed by atoms with E-state index < -0.39 is 0 Å². The smallest absolute Gasteiger partial charge is 0.106 e. The van der Waals surface area contributed by atoms with Gasteiger partial charge in [-0.05, 0) is 57.7 Å². The molecule has 0 aliphatic carbocycles. The molecule has 3 nitrogen and oxygen atoms in total. The fraction of sp³-hybridized carbons (Fsp3) is 0.267. The molecule has 0 atom stereocenters. The van der Waals surface area contributed by atoms with E-state index in [4.69, 9.17) is 5.73 Å². The van der Waals surface area contributed by atoms with Gasteiger partial charge in [-0.2, -0.15) is 0 Å². The molecular weight excluding hydrogens is 302 g/mol. The molecule has 1 aromatic carbocycles. The lowest BCUT2D eigenvalue weighted by atomic mass is 9.99. The fourth-order valence-electron chi connectivity index (χ4n) is 2.53. The Morgan fingerprint density at radius 2 is 2.11 bits per heavy atom. The summed E-state index contributed by atoms with van der Waals surface area (Å²) in [5, 5.41) is 0. The fourth-order valence-corrected chi connectivity index (χ4v) is 2.91. The van der Waals surface area contributed by atoms with Crippen LogP contribution in [0.3, 0.4) is 0 Å². The second-order valence-electron chi connectivity index (χ2n) is 4.94. The highest BCUT2D eigenvalue weighted by Gasteiger charge is 2.16. The van der Waals surface area contributed by atoms with Crippen molar-refractivity contribution in [1.29, 1.82) is 0 Å². The van der Waals surface area contributed by atoms with Gasteiger partial charge in [-0.3, -0.25) is 4.90 Å². The molecule has 0 radical (unpaired) electrons. The van der Waals surface area contributed by atoms with E-state index in [0.717, 1.165) is 42.0 Å². The monoisotopic (exact) mass is 317 g/mol. The molecule has 1 aromatic heterocycles. The van der Waals surface area contributed by atoms with Crippen LogP contribution in [0.5, 0.6) is 0 Å². The van der Waals surface area contributed by atoms with Crippen molar-refractivity contribution in [3.63, 3.8) is 0 Å². The first-order chi connectivity index (χ1) is 9.20. The second-order valence-corrected chi connectivity index (χ2v) is 5.75. The van der Waals surface area contributed by atoms with Crippen LogP contribution in [0.1, 0.15) is 16.8 Å². The number of nitrogens with two attached hydrogens (primary N) is 1. The minimum Gasteiger partial charge on any atom is -0.399 e. The zero-order valence-corrected chi connectivity index (χ0v) is 12.2. The number of fused-ring (bicyclic) bond motifs is 1. The molecule has 0 fully saturated rings. The number of pyridine rings is 1. The van der Waals surface area contributed by atoms with Crippen molar-refractivity contribution >= 4 is 21.6 Å². The summed E-state index contributed by atoms with van der Waals surface area (Å²) in [4.78, 5) is 6.92. The third kappa shape index (κ3) is 2.96. The first-order valence-electron chi connectivity index (χ1n) is 6.42. The molecule has 2 heterocycles. The first kappa shape index (κ1) is 12.6. The lowest BCUT2D eigenvalue weighted by molar-refractivity contribution is 0.242. The molecule has 3 rings (SSSR count). The van der Waals surface area contributed by atoms with E-state index in [1.807, 2.05) is 18.2 Å². The van der Waals surface area contributed by atoms with Crippen LogP contribution in [0.25, 0.3) is 0 Å². The summed E-state index contributed by atoms with van der Waals surface area (Å²) < 4.78 is 0.898. The van der Waals surface area contributed by atoms with Crippen LogP contribution < -0.4 is 5.73 Å². The van der Waals surface area contributed by atoms with Gasteiger partial charge in [0, 0.05) is 25.3 Å². The molecule has 1 aliphatic heterocycles. The molecule has 2 N–H and O–H groups in total.